The van der Waals surface area contributed by atoms with Gasteiger partial charge in [-0.3, -0.25) is 0 Å². The van der Waals surface area contributed by atoms with Crippen LogP contribution in [0.3, 0.4) is 0 Å². The summed E-state index contributed by atoms with van der Waals surface area (Å²) in [4.78, 5) is 12.8. The van der Waals surface area contributed by atoms with Crippen LogP contribution in [-0.2, 0) is 10.0 Å². The van der Waals surface area contributed by atoms with Crippen LogP contribution in [-0.4, -0.2) is 36.5 Å². The van der Waals surface area contributed by atoms with E-state index in [-0.39, 0.29) is 11.4 Å². The van der Waals surface area contributed by atoms with Crippen LogP contribution in [0.5, 0.6) is 0 Å². The molecular formula is C18H19FN6O2S. The molecule has 146 valence electrons. The number of benzene rings is 1. The Balaban J connectivity index is 1.56. The number of anilines is 3. The van der Waals surface area contributed by atoms with Crippen LogP contribution >= 0.6 is 0 Å². The SMILES string of the molecule is Cc1nc(NCCNS(=O)(=O)c2ccc(F)cc2)cc(Nc2ccccn2)n1. The number of aromatic nitrogens is 3. The number of hydrogen-bond donors (Lipinski definition) is 3. The van der Waals surface area contributed by atoms with E-state index >= 15 is 0 Å². The highest BCUT2D eigenvalue weighted by molar-refractivity contribution is 7.89. The Bertz CT molecular complexity index is 1030. The van der Waals surface area contributed by atoms with Crippen molar-refractivity contribution in [3.8, 4) is 0 Å². The second-order valence-corrected chi connectivity index (χ2v) is 7.57. The summed E-state index contributed by atoms with van der Waals surface area (Å²) in [5.74, 6) is 1.83. The maximum Gasteiger partial charge on any atom is 0.240 e. The Morgan fingerprint density at radius 1 is 0.964 bits per heavy atom. The van der Waals surface area contributed by atoms with Crippen molar-refractivity contribution in [3.63, 3.8) is 0 Å². The van der Waals surface area contributed by atoms with Gasteiger partial charge in [0, 0.05) is 25.4 Å². The number of rotatable bonds is 8. The topological polar surface area (TPSA) is 109 Å². The van der Waals surface area contributed by atoms with Crippen molar-refractivity contribution in [2.45, 2.75) is 11.8 Å². The molecule has 0 radical (unpaired) electrons. The Labute approximate surface area is 162 Å². The molecule has 0 saturated carbocycles. The van der Waals surface area contributed by atoms with Crippen molar-refractivity contribution in [1.82, 2.24) is 19.7 Å². The predicted octanol–water partition coefficient (Wildman–Crippen LogP) is 2.45. The molecule has 0 bridgehead atoms. The largest absolute Gasteiger partial charge is 0.369 e. The lowest BCUT2D eigenvalue weighted by atomic mass is 10.4. The third kappa shape index (κ3) is 5.44. The van der Waals surface area contributed by atoms with Crippen molar-refractivity contribution >= 4 is 27.5 Å². The molecule has 0 unspecified atom stereocenters. The first-order chi connectivity index (χ1) is 13.4. The number of sulfonamides is 1. The lowest BCUT2D eigenvalue weighted by Crippen LogP contribution is -2.29. The number of nitrogens with one attached hydrogen (secondary N) is 3. The molecule has 3 N–H and O–H groups in total. The second-order valence-electron chi connectivity index (χ2n) is 5.80. The molecule has 0 aliphatic heterocycles. The van der Waals surface area contributed by atoms with Crippen LogP contribution in [0, 0.1) is 12.7 Å². The number of hydrogen-bond acceptors (Lipinski definition) is 7. The summed E-state index contributed by atoms with van der Waals surface area (Å²) >= 11 is 0. The van der Waals surface area contributed by atoms with Crippen molar-refractivity contribution in [1.29, 1.82) is 0 Å². The van der Waals surface area contributed by atoms with Gasteiger partial charge in [0.2, 0.25) is 10.0 Å². The number of nitrogens with zero attached hydrogens (tertiary/aromatic N) is 3. The molecule has 0 amide bonds. The van der Waals surface area contributed by atoms with E-state index in [0.717, 1.165) is 12.1 Å². The summed E-state index contributed by atoms with van der Waals surface area (Å²) in [6.45, 7) is 2.19. The minimum atomic E-state index is -3.70. The second kappa shape index (κ2) is 8.72. The molecule has 0 atom stereocenters. The van der Waals surface area contributed by atoms with Gasteiger partial charge in [-0.05, 0) is 43.3 Å². The van der Waals surface area contributed by atoms with Crippen LogP contribution in [0.2, 0.25) is 0 Å². The molecular weight excluding hydrogens is 383 g/mol. The third-order valence-corrected chi connectivity index (χ3v) is 5.08. The van der Waals surface area contributed by atoms with Gasteiger partial charge in [-0.15, -0.1) is 0 Å². The Kier molecular flexibility index (Phi) is 6.12. The molecule has 3 rings (SSSR count). The Morgan fingerprint density at radius 2 is 1.71 bits per heavy atom. The molecule has 0 fully saturated rings. The quantitative estimate of drug-likeness (QED) is 0.497. The van der Waals surface area contributed by atoms with E-state index in [2.05, 4.69) is 30.3 Å². The fraction of sp³-hybridized carbons (Fsp3) is 0.167. The van der Waals surface area contributed by atoms with Gasteiger partial charge in [0.25, 0.3) is 0 Å². The molecule has 0 aliphatic rings. The lowest BCUT2D eigenvalue weighted by Gasteiger charge is -2.11. The minimum absolute atomic E-state index is 0.00799. The van der Waals surface area contributed by atoms with Crippen molar-refractivity contribution in [2.24, 2.45) is 0 Å². The summed E-state index contributed by atoms with van der Waals surface area (Å²) in [6, 6.07) is 11.8. The summed E-state index contributed by atoms with van der Waals surface area (Å²) in [7, 11) is -3.70. The fourth-order valence-electron chi connectivity index (χ4n) is 2.36. The molecule has 2 heterocycles. The highest BCUT2D eigenvalue weighted by atomic mass is 32.2. The Hall–Kier alpha value is -3.11. The molecule has 8 nitrogen and oxygen atoms in total. The average molecular weight is 402 g/mol. The molecule has 0 saturated heterocycles. The van der Waals surface area contributed by atoms with Gasteiger partial charge in [-0.2, -0.15) is 0 Å². The van der Waals surface area contributed by atoms with E-state index in [0.29, 0.717) is 29.8 Å². The highest BCUT2D eigenvalue weighted by Crippen LogP contribution is 2.15. The maximum atomic E-state index is 12.9. The van der Waals surface area contributed by atoms with Crippen molar-refractivity contribution in [2.75, 3.05) is 23.7 Å². The standard InChI is InChI=1S/C18H19FN6O2S/c1-13-23-17(12-18(24-13)25-16-4-2-3-9-20-16)21-10-11-22-28(26,27)15-7-5-14(19)6-8-15/h2-9,12,22H,10-11H2,1H3,(H2,20,21,23,24,25). The first-order valence-corrected chi connectivity index (χ1v) is 9.93. The summed E-state index contributed by atoms with van der Waals surface area (Å²) in [5, 5.41) is 6.13. The molecule has 28 heavy (non-hydrogen) atoms. The maximum absolute atomic E-state index is 12.9. The molecule has 10 heteroatoms. The van der Waals surface area contributed by atoms with Crippen LogP contribution in [0.4, 0.5) is 21.8 Å². The molecule has 3 aromatic rings. The number of pyridine rings is 1. The zero-order chi connectivity index (χ0) is 20.0. The lowest BCUT2D eigenvalue weighted by molar-refractivity contribution is 0.582. The molecule has 0 aliphatic carbocycles. The Morgan fingerprint density at radius 3 is 2.43 bits per heavy atom. The zero-order valence-corrected chi connectivity index (χ0v) is 15.9. The van der Waals surface area contributed by atoms with Gasteiger partial charge in [0.15, 0.2) is 0 Å². The van der Waals surface area contributed by atoms with Gasteiger partial charge in [-0.1, -0.05) is 6.07 Å². The normalized spacial score (nSPS) is 11.2. The van der Waals surface area contributed by atoms with Gasteiger partial charge in [0.05, 0.1) is 4.90 Å². The van der Waals surface area contributed by atoms with Crippen LogP contribution < -0.4 is 15.4 Å². The predicted molar refractivity (Wildman–Crippen MR) is 104 cm³/mol. The zero-order valence-electron chi connectivity index (χ0n) is 15.1. The van der Waals surface area contributed by atoms with Crippen LogP contribution in [0.15, 0.2) is 59.6 Å². The minimum Gasteiger partial charge on any atom is -0.369 e. The van der Waals surface area contributed by atoms with Crippen molar-refractivity contribution in [3.05, 3.63) is 66.4 Å². The van der Waals surface area contributed by atoms with Gasteiger partial charge < -0.3 is 10.6 Å². The average Bonchev–Trinajstić information content (AvgIpc) is 2.66. The van der Waals surface area contributed by atoms with E-state index in [1.807, 2.05) is 18.2 Å². The monoisotopic (exact) mass is 402 g/mol. The summed E-state index contributed by atoms with van der Waals surface area (Å²) in [6.07, 6.45) is 1.67. The number of halogens is 1. The first kappa shape index (κ1) is 19.6. The van der Waals surface area contributed by atoms with Gasteiger partial charge in [0.1, 0.15) is 29.1 Å². The molecule has 2 aromatic heterocycles. The first-order valence-electron chi connectivity index (χ1n) is 8.45. The van der Waals surface area contributed by atoms with Crippen molar-refractivity contribution < 1.29 is 12.8 Å². The van der Waals surface area contributed by atoms with Crippen LogP contribution in [0.25, 0.3) is 0 Å². The van der Waals surface area contributed by atoms with Crippen LogP contribution in [0.1, 0.15) is 5.82 Å². The van der Waals surface area contributed by atoms with E-state index < -0.39 is 15.8 Å². The van der Waals surface area contributed by atoms with Gasteiger partial charge in [-0.25, -0.2) is 32.5 Å². The van der Waals surface area contributed by atoms with E-state index in [1.165, 1.54) is 12.1 Å². The van der Waals surface area contributed by atoms with Gasteiger partial charge >= 0.3 is 0 Å². The third-order valence-electron chi connectivity index (χ3n) is 3.61. The number of aryl methyl sites for hydroxylation is 1. The van der Waals surface area contributed by atoms with E-state index in [1.54, 1.807) is 19.2 Å². The summed E-state index contributed by atoms with van der Waals surface area (Å²) in [5.41, 5.74) is 0. The summed E-state index contributed by atoms with van der Waals surface area (Å²) < 4.78 is 39.7. The molecule has 0 spiro atoms. The smallest absolute Gasteiger partial charge is 0.240 e. The molecule has 1 aromatic carbocycles. The fourth-order valence-corrected chi connectivity index (χ4v) is 3.40. The van der Waals surface area contributed by atoms with E-state index in [4.69, 9.17) is 0 Å². The highest BCUT2D eigenvalue weighted by Gasteiger charge is 2.13. The van der Waals surface area contributed by atoms with E-state index in [9.17, 15) is 12.8 Å².